The lowest BCUT2D eigenvalue weighted by Crippen LogP contribution is -2.21. The fourth-order valence-corrected chi connectivity index (χ4v) is 2.96. The molecule has 0 heterocycles. The van der Waals surface area contributed by atoms with Crippen molar-refractivity contribution >= 4 is 0 Å². The minimum absolute atomic E-state index is 0.496. The maximum Gasteiger partial charge on any atom is 0.0930 e. The summed E-state index contributed by atoms with van der Waals surface area (Å²) >= 11 is 0. The van der Waals surface area contributed by atoms with Gasteiger partial charge in [-0.3, -0.25) is 4.84 Å². The van der Waals surface area contributed by atoms with E-state index in [1.165, 1.54) is 31.2 Å². The Morgan fingerprint density at radius 3 is 2.59 bits per heavy atom. The third-order valence-corrected chi connectivity index (χ3v) is 3.91. The summed E-state index contributed by atoms with van der Waals surface area (Å²) in [6.07, 6.45) is 5.35. The molecule has 94 valence electrons. The van der Waals surface area contributed by atoms with Crippen LogP contribution in [0.3, 0.4) is 0 Å². The van der Waals surface area contributed by atoms with Gasteiger partial charge in [0, 0.05) is 0 Å². The van der Waals surface area contributed by atoms with Gasteiger partial charge in [0.15, 0.2) is 0 Å². The van der Waals surface area contributed by atoms with E-state index < -0.39 is 0 Å². The first-order valence-electron chi connectivity index (χ1n) is 6.51. The summed E-state index contributed by atoms with van der Waals surface area (Å²) in [5.74, 6) is 5.81. The largest absolute Gasteiger partial charge is 0.300 e. The van der Waals surface area contributed by atoms with E-state index in [0.717, 1.165) is 11.5 Å². The monoisotopic (exact) mass is 233 g/mol. The van der Waals surface area contributed by atoms with Crippen LogP contribution in [0.1, 0.15) is 56.6 Å². The van der Waals surface area contributed by atoms with E-state index in [1.807, 2.05) is 0 Å². The molecule has 0 aliphatic heterocycles. The standard InChI is InChI=1S/C15H23NO/c1-15(2)9-3-4-14(10-15)13-7-5-12(6-8-13)11-17-16/h5-8,14H,3-4,9-11,16H2,1-2H3. The van der Waals surface area contributed by atoms with E-state index in [4.69, 9.17) is 5.90 Å². The van der Waals surface area contributed by atoms with Crippen LogP contribution >= 0.6 is 0 Å². The lowest BCUT2D eigenvalue weighted by atomic mass is 9.70. The lowest BCUT2D eigenvalue weighted by molar-refractivity contribution is 0.124. The van der Waals surface area contributed by atoms with Gasteiger partial charge in [0.2, 0.25) is 0 Å². The summed E-state index contributed by atoms with van der Waals surface area (Å²) in [6.45, 7) is 5.27. The highest BCUT2D eigenvalue weighted by Crippen LogP contribution is 2.43. The van der Waals surface area contributed by atoms with Crippen LogP contribution in [0.15, 0.2) is 24.3 Å². The van der Waals surface area contributed by atoms with Gasteiger partial charge in [-0.2, -0.15) is 0 Å². The molecule has 1 fully saturated rings. The highest BCUT2D eigenvalue weighted by Gasteiger charge is 2.28. The molecule has 0 saturated heterocycles. The number of nitrogens with two attached hydrogens (primary N) is 1. The quantitative estimate of drug-likeness (QED) is 0.807. The average molecular weight is 233 g/mol. The number of hydrogen-bond acceptors (Lipinski definition) is 2. The molecule has 1 aromatic rings. The molecule has 17 heavy (non-hydrogen) atoms. The van der Waals surface area contributed by atoms with E-state index in [-0.39, 0.29) is 0 Å². The Bertz CT molecular complexity index is 356. The number of hydrogen-bond donors (Lipinski definition) is 1. The molecule has 1 unspecified atom stereocenters. The third kappa shape index (κ3) is 3.30. The Hall–Kier alpha value is -0.860. The third-order valence-electron chi connectivity index (χ3n) is 3.91. The predicted molar refractivity (Wildman–Crippen MR) is 70.4 cm³/mol. The van der Waals surface area contributed by atoms with Crippen molar-refractivity contribution in [2.45, 2.75) is 52.1 Å². The van der Waals surface area contributed by atoms with Gasteiger partial charge in [0.25, 0.3) is 0 Å². The van der Waals surface area contributed by atoms with Gasteiger partial charge in [-0.15, -0.1) is 0 Å². The molecule has 1 aliphatic rings. The van der Waals surface area contributed by atoms with Crippen LogP contribution in [0.4, 0.5) is 0 Å². The first-order chi connectivity index (χ1) is 8.11. The molecule has 2 heteroatoms. The average Bonchev–Trinajstić information content (AvgIpc) is 2.29. The van der Waals surface area contributed by atoms with Gasteiger partial charge in [-0.1, -0.05) is 44.5 Å². The van der Waals surface area contributed by atoms with E-state index in [9.17, 15) is 0 Å². The van der Waals surface area contributed by atoms with Crippen LogP contribution < -0.4 is 5.90 Å². The van der Waals surface area contributed by atoms with Crippen LogP contribution in [-0.4, -0.2) is 0 Å². The van der Waals surface area contributed by atoms with Crippen molar-refractivity contribution in [3.63, 3.8) is 0 Å². The van der Waals surface area contributed by atoms with Gasteiger partial charge in [0.05, 0.1) is 6.61 Å². The van der Waals surface area contributed by atoms with Gasteiger partial charge < -0.3 is 0 Å². The van der Waals surface area contributed by atoms with Gasteiger partial charge in [0.1, 0.15) is 0 Å². The van der Waals surface area contributed by atoms with Gasteiger partial charge in [-0.05, 0) is 41.7 Å². The zero-order chi connectivity index (χ0) is 12.3. The number of rotatable bonds is 3. The zero-order valence-electron chi connectivity index (χ0n) is 10.9. The van der Waals surface area contributed by atoms with Crippen molar-refractivity contribution in [2.75, 3.05) is 0 Å². The molecule has 0 aromatic heterocycles. The van der Waals surface area contributed by atoms with Crippen LogP contribution in [0.25, 0.3) is 0 Å². The lowest BCUT2D eigenvalue weighted by Gasteiger charge is -2.35. The second-order valence-electron chi connectivity index (χ2n) is 6.01. The van der Waals surface area contributed by atoms with Crippen LogP contribution in [0, 0.1) is 5.41 Å². The topological polar surface area (TPSA) is 35.2 Å². The Morgan fingerprint density at radius 1 is 1.29 bits per heavy atom. The second-order valence-corrected chi connectivity index (χ2v) is 6.01. The van der Waals surface area contributed by atoms with Gasteiger partial charge in [-0.25, -0.2) is 5.90 Å². The normalized spacial score (nSPS) is 23.6. The van der Waals surface area contributed by atoms with E-state index in [1.54, 1.807) is 0 Å². The second kappa shape index (κ2) is 5.19. The summed E-state index contributed by atoms with van der Waals surface area (Å²) in [6, 6.07) is 8.73. The van der Waals surface area contributed by atoms with Crippen molar-refractivity contribution in [2.24, 2.45) is 11.3 Å². The molecule has 2 rings (SSSR count). The van der Waals surface area contributed by atoms with Crippen molar-refractivity contribution in [1.29, 1.82) is 0 Å². The molecule has 0 amide bonds. The highest BCUT2D eigenvalue weighted by atomic mass is 16.6. The Labute approximate surface area is 104 Å². The maximum absolute atomic E-state index is 5.08. The predicted octanol–water partition coefficient (Wildman–Crippen LogP) is 3.76. The molecular formula is C15H23NO. The molecule has 0 spiro atoms. The zero-order valence-corrected chi connectivity index (χ0v) is 10.9. The van der Waals surface area contributed by atoms with Crippen molar-refractivity contribution in [3.8, 4) is 0 Å². The molecule has 1 aromatic carbocycles. The molecule has 1 aliphatic carbocycles. The Morgan fingerprint density at radius 2 is 2.00 bits per heavy atom. The van der Waals surface area contributed by atoms with E-state index in [2.05, 4.69) is 43.0 Å². The molecule has 2 N–H and O–H groups in total. The minimum Gasteiger partial charge on any atom is -0.300 e. The SMILES string of the molecule is CC1(C)CCCC(c2ccc(CON)cc2)C1. The Kier molecular flexibility index (Phi) is 3.85. The Balaban J connectivity index is 2.06. The fourth-order valence-electron chi connectivity index (χ4n) is 2.96. The van der Waals surface area contributed by atoms with E-state index in [0.29, 0.717) is 12.0 Å². The molecule has 1 saturated carbocycles. The fraction of sp³-hybridized carbons (Fsp3) is 0.600. The first-order valence-corrected chi connectivity index (χ1v) is 6.51. The van der Waals surface area contributed by atoms with Gasteiger partial charge >= 0.3 is 0 Å². The van der Waals surface area contributed by atoms with E-state index >= 15 is 0 Å². The van der Waals surface area contributed by atoms with Crippen LogP contribution in [0.2, 0.25) is 0 Å². The smallest absolute Gasteiger partial charge is 0.0930 e. The summed E-state index contributed by atoms with van der Waals surface area (Å²) < 4.78 is 0. The molecule has 2 nitrogen and oxygen atoms in total. The molecule has 1 atom stereocenters. The molecular weight excluding hydrogens is 210 g/mol. The first kappa shape index (κ1) is 12.6. The number of benzene rings is 1. The van der Waals surface area contributed by atoms with Crippen LogP contribution in [0.5, 0.6) is 0 Å². The molecule has 0 bridgehead atoms. The summed E-state index contributed by atoms with van der Waals surface area (Å²) in [5, 5.41) is 0. The molecule has 0 radical (unpaired) electrons. The summed E-state index contributed by atoms with van der Waals surface area (Å²) in [4.78, 5) is 4.65. The van der Waals surface area contributed by atoms with Crippen molar-refractivity contribution in [3.05, 3.63) is 35.4 Å². The van der Waals surface area contributed by atoms with Crippen LogP contribution in [-0.2, 0) is 11.4 Å². The van der Waals surface area contributed by atoms with Crippen molar-refractivity contribution in [1.82, 2.24) is 0 Å². The van der Waals surface area contributed by atoms with Crippen molar-refractivity contribution < 1.29 is 4.84 Å². The summed E-state index contributed by atoms with van der Waals surface area (Å²) in [7, 11) is 0. The maximum atomic E-state index is 5.08. The minimum atomic E-state index is 0.496. The highest BCUT2D eigenvalue weighted by molar-refractivity contribution is 5.25. The summed E-state index contributed by atoms with van der Waals surface area (Å²) in [5.41, 5.74) is 3.12.